The molecule has 8 heteroatoms. The van der Waals surface area contributed by atoms with Crippen LogP contribution in [0.2, 0.25) is 0 Å². The summed E-state index contributed by atoms with van der Waals surface area (Å²) >= 11 is 0. The van der Waals surface area contributed by atoms with Gasteiger partial charge in [0.05, 0.1) is 12.2 Å². The van der Waals surface area contributed by atoms with Crippen molar-refractivity contribution in [3.63, 3.8) is 0 Å². The number of carbonyl (C=O) groups excluding carboxylic acids is 1. The van der Waals surface area contributed by atoms with Crippen LogP contribution in [0.4, 0.5) is 17.6 Å². The lowest BCUT2D eigenvalue weighted by Gasteiger charge is -2.05. The van der Waals surface area contributed by atoms with Crippen molar-refractivity contribution < 1.29 is 22.4 Å². The van der Waals surface area contributed by atoms with E-state index in [9.17, 15) is 22.4 Å². The van der Waals surface area contributed by atoms with Crippen LogP contribution >= 0.6 is 0 Å². The maximum absolute atomic E-state index is 12.8. The fourth-order valence-electron chi connectivity index (χ4n) is 1.37. The highest BCUT2D eigenvalue weighted by atomic mass is 19.4. The Kier molecular flexibility index (Phi) is 2.93. The average molecular weight is 261 g/mol. The van der Waals surface area contributed by atoms with Gasteiger partial charge in [-0.1, -0.05) is 0 Å². The van der Waals surface area contributed by atoms with Gasteiger partial charge in [-0.3, -0.25) is 4.79 Å². The molecule has 0 radical (unpaired) electrons. The predicted molar refractivity (Wildman–Crippen MR) is 53.1 cm³/mol. The van der Waals surface area contributed by atoms with Crippen molar-refractivity contribution in [1.29, 1.82) is 0 Å². The van der Waals surface area contributed by atoms with Crippen molar-refractivity contribution in [2.75, 3.05) is 0 Å². The van der Waals surface area contributed by atoms with Gasteiger partial charge in [-0.25, -0.2) is 9.37 Å². The van der Waals surface area contributed by atoms with Crippen molar-refractivity contribution in [2.24, 2.45) is 0 Å². The molecule has 4 nitrogen and oxygen atoms in total. The highest BCUT2D eigenvalue weighted by Crippen LogP contribution is 2.14. The van der Waals surface area contributed by atoms with Crippen molar-refractivity contribution in [3.8, 4) is 0 Å². The molecule has 0 unspecified atom stereocenters. The summed E-state index contributed by atoms with van der Waals surface area (Å²) in [7, 11) is 0. The third-order valence-electron chi connectivity index (χ3n) is 2.15. The molecular formula is C10H7F4N3O. The van der Waals surface area contributed by atoms with E-state index in [-0.39, 0.29) is 12.2 Å². The van der Waals surface area contributed by atoms with Gasteiger partial charge in [0.15, 0.2) is 0 Å². The molecule has 0 saturated carbocycles. The van der Waals surface area contributed by atoms with E-state index in [0.29, 0.717) is 5.65 Å². The minimum atomic E-state index is -4.93. The summed E-state index contributed by atoms with van der Waals surface area (Å²) in [4.78, 5) is 14.5. The zero-order valence-electron chi connectivity index (χ0n) is 8.83. The molecule has 0 fully saturated rings. The lowest BCUT2D eigenvalue weighted by molar-refractivity contribution is -0.173. The summed E-state index contributed by atoms with van der Waals surface area (Å²) in [5, 5.41) is 1.68. The fourth-order valence-corrected chi connectivity index (χ4v) is 1.37. The van der Waals surface area contributed by atoms with Crippen LogP contribution in [-0.2, 0) is 11.3 Å². The van der Waals surface area contributed by atoms with E-state index in [2.05, 4.69) is 4.98 Å². The molecule has 2 aromatic rings. The monoisotopic (exact) mass is 261 g/mol. The molecular weight excluding hydrogens is 254 g/mol. The van der Waals surface area contributed by atoms with E-state index in [0.717, 1.165) is 6.20 Å². The lowest BCUT2D eigenvalue weighted by Crippen LogP contribution is -2.36. The number of rotatable bonds is 2. The zero-order valence-corrected chi connectivity index (χ0v) is 8.83. The highest BCUT2D eigenvalue weighted by molar-refractivity contribution is 5.81. The van der Waals surface area contributed by atoms with Crippen molar-refractivity contribution in [1.82, 2.24) is 14.7 Å². The Labute approximate surface area is 98.2 Å². The number of imidazole rings is 1. The minimum absolute atomic E-state index is 0.207. The van der Waals surface area contributed by atoms with E-state index in [4.69, 9.17) is 0 Å². The van der Waals surface area contributed by atoms with Crippen LogP contribution < -0.4 is 5.32 Å². The Bertz CT molecular complexity index is 590. The number of carbonyl (C=O) groups is 1. The number of alkyl halides is 3. The van der Waals surface area contributed by atoms with Gasteiger partial charge in [0.2, 0.25) is 0 Å². The number of amides is 1. The number of pyridine rings is 1. The largest absolute Gasteiger partial charge is 0.471 e. The SMILES string of the molecule is O=C(NCc1cn2cc(F)ccc2n1)C(F)(F)F. The lowest BCUT2D eigenvalue weighted by atomic mass is 10.4. The summed E-state index contributed by atoms with van der Waals surface area (Å²) in [5.41, 5.74) is 0.589. The number of nitrogens with one attached hydrogen (secondary N) is 1. The number of nitrogens with zero attached hydrogens (tertiary/aromatic N) is 2. The molecule has 0 spiro atoms. The van der Waals surface area contributed by atoms with Crippen molar-refractivity contribution in [3.05, 3.63) is 36.0 Å². The molecule has 1 N–H and O–H groups in total. The molecule has 0 aliphatic carbocycles. The third-order valence-corrected chi connectivity index (χ3v) is 2.15. The molecule has 0 atom stereocenters. The average Bonchev–Trinajstić information content (AvgIpc) is 2.66. The molecule has 2 aromatic heterocycles. The summed E-state index contributed by atoms with van der Waals surface area (Å²) in [6, 6.07) is 2.56. The molecule has 18 heavy (non-hydrogen) atoms. The first-order chi connectivity index (χ1) is 8.36. The van der Waals surface area contributed by atoms with Crippen molar-refractivity contribution in [2.45, 2.75) is 12.7 Å². The molecule has 0 aliphatic rings. The van der Waals surface area contributed by atoms with Crippen LogP contribution in [0.25, 0.3) is 5.65 Å². The van der Waals surface area contributed by atoms with Gasteiger partial charge >= 0.3 is 12.1 Å². The normalized spacial score (nSPS) is 11.8. The van der Waals surface area contributed by atoms with E-state index < -0.39 is 17.9 Å². The molecule has 0 aromatic carbocycles. The second-order valence-electron chi connectivity index (χ2n) is 3.53. The van der Waals surface area contributed by atoms with Gasteiger partial charge in [0.1, 0.15) is 11.5 Å². The second kappa shape index (κ2) is 4.28. The molecule has 2 heterocycles. The standard InChI is InChI=1S/C10H7F4N3O/c11-6-1-2-8-16-7(5-17(8)4-6)3-15-9(18)10(12,13)14/h1-2,4-5H,3H2,(H,15,18). The smallest absolute Gasteiger partial charge is 0.343 e. The van der Waals surface area contributed by atoms with E-state index in [1.165, 1.54) is 22.7 Å². The second-order valence-corrected chi connectivity index (χ2v) is 3.53. The van der Waals surface area contributed by atoms with Crippen LogP contribution in [0.15, 0.2) is 24.5 Å². The van der Waals surface area contributed by atoms with Crippen molar-refractivity contribution >= 4 is 11.6 Å². The molecule has 0 aliphatic heterocycles. The Balaban J connectivity index is 2.11. The maximum Gasteiger partial charge on any atom is 0.471 e. The molecule has 2 rings (SSSR count). The van der Waals surface area contributed by atoms with Gasteiger partial charge in [-0.15, -0.1) is 0 Å². The van der Waals surface area contributed by atoms with Gasteiger partial charge in [0, 0.05) is 12.4 Å². The van der Waals surface area contributed by atoms with Crippen LogP contribution in [0.1, 0.15) is 5.69 Å². The first-order valence-electron chi connectivity index (χ1n) is 4.84. The fraction of sp³-hybridized carbons (Fsp3) is 0.200. The van der Waals surface area contributed by atoms with Crippen LogP contribution in [0.5, 0.6) is 0 Å². The van der Waals surface area contributed by atoms with Gasteiger partial charge in [0.25, 0.3) is 0 Å². The first kappa shape index (κ1) is 12.3. The quantitative estimate of drug-likeness (QED) is 0.835. The van der Waals surface area contributed by atoms with Gasteiger partial charge in [-0.2, -0.15) is 13.2 Å². The van der Waals surface area contributed by atoms with Gasteiger partial charge < -0.3 is 9.72 Å². The summed E-state index contributed by atoms with van der Waals surface area (Å²) in [6.07, 6.45) is -2.45. The van der Waals surface area contributed by atoms with Crippen LogP contribution in [-0.4, -0.2) is 21.5 Å². The highest BCUT2D eigenvalue weighted by Gasteiger charge is 2.38. The zero-order chi connectivity index (χ0) is 13.3. The molecule has 96 valence electrons. The minimum Gasteiger partial charge on any atom is -0.343 e. The number of aromatic nitrogens is 2. The molecule has 1 amide bonds. The molecule has 0 bridgehead atoms. The summed E-state index contributed by atoms with van der Waals surface area (Å²) < 4.78 is 49.9. The van der Waals surface area contributed by atoms with Gasteiger partial charge in [-0.05, 0) is 12.1 Å². The number of halogens is 4. The summed E-state index contributed by atoms with van der Waals surface area (Å²) in [6.45, 7) is -0.373. The Morgan fingerprint density at radius 2 is 2.06 bits per heavy atom. The van der Waals surface area contributed by atoms with E-state index in [1.54, 1.807) is 5.32 Å². The van der Waals surface area contributed by atoms with Crippen LogP contribution in [0, 0.1) is 5.82 Å². The summed E-state index contributed by atoms with van der Waals surface area (Å²) in [5.74, 6) is -2.53. The predicted octanol–water partition coefficient (Wildman–Crippen LogP) is 1.65. The third kappa shape index (κ3) is 2.58. The first-order valence-corrected chi connectivity index (χ1v) is 4.84. The number of hydrogen-bond acceptors (Lipinski definition) is 2. The molecule has 0 saturated heterocycles. The van der Waals surface area contributed by atoms with Crippen LogP contribution in [0.3, 0.4) is 0 Å². The maximum atomic E-state index is 12.8. The Morgan fingerprint density at radius 1 is 1.33 bits per heavy atom. The van der Waals surface area contributed by atoms with E-state index in [1.807, 2.05) is 0 Å². The topological polar surface area (TPSA) is 46.4 Å². The number of fused-ring (bicyclic) bond motifs is 1. The Morgan fingerprint density at radius 3 is 2.72 bits per heavy atom. The van der Waals surface area contributed by atoms with E-state index >= 15 is 0 Å². The number of hydrogen-bond donors (Lipinski definition) is 1. The Hall–Kier alpha value is -2.12.